The first-order chi connectivity index (χ1) is 12.2. The molecule has 0 amide bonds. The molecular weight excluding hydrogens is 383 g/mol. The van der Waals surface area contributed by atoms with Crippen LogP contribution in [0.5, 0.6) is 0 Å². The Labute approximate surface area is 154 Å². The van der Waals surface area contributed by atoms with Crippen LogP contribution in [0, 0.1) is 5.82 Å². The normalized spacial score (nSPS) is 11.6. The summed E-state index contributed by atoms with van der Waals surface area (Å²) in [4.78, 5) is 8.58. The fourth-order valence-electron chi connectivity index (χ4n) is 2.54. The highest BCUT2D eigenvalue weighted by Crippen LogP contribution is 2.17. The van der Waals surface area contributed by atoms with Crippen LogP contribution in [0.3, 0.4) is 0 Å². The maximum atomic E-state index is 13.6. The van der Waals surface area contributed by atoms with Gasteiger partial charge < -0.3 is 10.6 Å². The molecule has 3 rings (SSSR count). The summed E-state index contributed by atoms with van der Waals surface area (Å²) in [6, 6.07) is 15.1. The molecule has 0 unspecified atom stereocenters. The molecule has 0 bridgehead atoms. The van der Waals surface area contributed by atoms with Crippen LogP contribution in [-0.2, 0) is 13.1 Å². The number of hydrogen-bond acceptors (Lipinski definition) is 2. The van der Waals surface area contributed by atoms with Gasteiger partial charge in [-0.25, -0.2) is 4.39 Å². The molecule has 0 aliphatic heterocycles. The molecular formula is C19H18BrFN4. The van der Waals surface area contributed by atoms with E-state index in [9.17, 15) is 4.39 Å². The summed E-state index contributed by atoms with van der Waals surface area (Å²) in [6.07, 6.45) is 1.81. The maximum Gasteiger partial charge on any atom is 0.191 e. The Kier molecular flexibility index (Phi) is 5.60. The third kappa shape index (κ3) is 4.33. The summed E-state index contributed by atoms with van der Waals surface area (Å²) < 4.78 is 14.0. The molecule has 6 heteroatoms. The lowest BCUT2D eigenvalue weighted by atomic mass is 10.1. The molecule has 0 radical (unpaired) electrons. The van der Waals surface area contributed by atoms with Crippen LogP contribution in [0.15, 0.2) is 64.2 Å². The number of aromatic nitrogens is 1. The van der Waals surface area contributed by atoms with Gasteiger partial charge in [0.2, 0.25) is 0 Å². The Morgan fingerprint density at radius 3 is 2.72 bits per heavy atom. The van der Waals surface area contributed by atoms with Crippen LogP contribution in [-0.4, -0.2) is 18.0 Å². The van der Waals surface area contributed by atoms with Crippen molar-refractivity contribution in [3.05, 3.63) is 76.1 Å². The maximum absolute atomic E-state index is 13.6. The number of halogens is 2. The molecule has 3 aromatic rings. The summed E-state index contributed by atoms with van der Waals surface area (Å²) in [6.45, 7) is 1.11. The molecule has 128 valence electrons. The molecule has 0 aliphatic carbocycles. The molecule has 4 nitrogen and oxygen atoms in total. The zero-order valence-corrected chi connectivity index (χ0v) is 15.3. The van der Waals surface area contributed by atoms with Crippen molar-refractivity contribution < 1.29 is 4.39 Å². The van der Waals surface area contributed by atoms with Gasteiger partial charge in [-0.3, -0.25) is 9.98 Å². The fraction of sp³-hybridized carbons (Fsp3) is 0.158. The second-order valence-electron chi connectivity index (χ2n) is 5.52. The first-order valence-corrected chi connectivity index (χ1v) is 8.68. The molecule has 2 N–H and O–H groups in total. The Balaban J connectivity index is 1.63. The number of aliphatic imine (C=N–C) groups is 1. The SMILES string of the molecule is CN=C(NCc1ccc(Br)c(F)c1)NCc1ccnc2ccccc12. The van der Waals surface area contributed by atoms with Crippen LogP contribution in [0.25, 0.3) is 10.9 Å². The summed E-state index contributed by atoms with van der Waals surface area (Å²) in [5.74, 6) is 0.384. The van der Waals surface area contributed by atoms with E-state index < -0.39 is 0 Å². The van der Waals surface area contributed by atoms with Crippen molar-refractivity contribution in [1.82, 2.24) is 15.6 Å². The molecule has 1 aromatic heterocycles. The Bertz CT molecular complexity index is 906. The Morgan fingerprint density at radius 1 is 1.12 bits per heavy atom. The lowest BCUT2D eigenvalue weighted by Crippen LogP contribution is -2.36. The summed E-state index contributed by atoms with van der Waals surface area (Å²) in [5, 5.41) is 7.59. The number of benzene rings is 2. The average molecular weight is 401 g/mol. The number of fused-ring (bicyclic) bond motifs is 1. The van der Waals surface area contributed by atoms with Crippen LogP contribution in [0.2, 0.25) is 0 Å². The third-order valence-electron chi connectivity index (χ3n) is 3.85. The topological polar surface area (TPSA) is 49.3 Å². The molecule has 2 aromatic carbocycles. The summed E-state index contributed by atoms with van der Waals surface area (Å²) in [7, 11) is 1.71. The van der Waals surface area contributed by atoms with Crippen LogP contribution < -0.4 is 10.6 Å². The molecule has 0 aliphatic rings. The number of nitrogens with zero attached hydrogens (tertiary/aromatic N) is 2. The van der Waals surface area contributed by atoms with E-state index in [1.54, 1.807) is 19.3 Å². The van der Waals surface area contributed by atoms with Gasteiger partial charge in [-0.1, -0.05) is 24.3 Å². The monoisotopic (exact) mass is 400 g/mol. The van der Waals surface area contributed by atoms with Crippen molar-refractivity contribution >= 4 is 32.8 Å². The van der Waals surface area contributed by atoms with Gasteiger partial charge >= 0.3 is 0 Å². The van der Waals surface area contributed by atoms with Crippen molar-refractivity contribution in [2.45, 2.75) is 13.1 Å². The number of nitrogens with one attached hydrogen (secondary N) is 2. The number of para-hydroxylation sites is 1. The second-order valence-corrected chi connectivity index (χ2v) is 6.37. The molecule has 0 saturated heterocycles. The smallest absolute Gasteiger partial charge is 0.191 e. The lowest BCUT2D eigenvalue weighted by Gasteiger charge is -2.13. The van der Waals surface area contributed by atoms with Crippen molar-refractivity contribution in [2.24, 2.45) is 4.99 Å². The van der Waals surface area contributed by atoms with Gasteiger partial charge in [-0.15, -0.1) is 0 Å². The van der Waals surface area contributed by atoms with Crippen molar-refractivity contribution in [3.8, 4) is 0 Å². The van der Waals surface area contributed by atoms with E-state index in [-0.39, 0.29) is 5.82 Å². The van der Waals surface area contributed by atoms with Crippen molar-refractivity contribution in [2.75, 3.05) is 7.05 Å². The van der Waals surface area contributed by atoms with E-state index in [0.717, 1.165) is 22.0 Å². The fourth-order valence-corrected chi connectivity index (χ4v) is 2.79. The van der Waals surface area contributed by atoms with Crippen molar-refractivity contribution in [1.29, 1.82) is 0 Å². The van der Waals surface area contributed by atoms with Gasteiger partial charge in [0.15, 0.2) is 5.96 Å². The van der Waals surface area contributed by atoms with Gasteiger partial charge in [-0.2, -0.15) is 0 Å². The number of hydrogen-bond donors (Lipinski definition) is 2. The minimum atomic E-state index is -0.273. The molecule has 0 saturated carbocycles. The van der Waals surface area contributed by atoms with Gasteiger partial charge in [-0.05, 0) is 51.3 Å². The van der Waals surface area contributed by atoms with Gasteiger partial charge in [0, 0.05) is 31.7 Å². The van der Waals surface area contributed by atoms with Gasteiger partial charge in [0.1, 0.15) is 5.82 Å². The minimum Gasteiger partial charge on any atom is -0.352 e. The Hall–Kier alpha value is -2.47. The third-order valence-corrected chi connectivity index (χ3v) is 4.50. The van der Waals surface area contributed by atoms with E-state index in [4.69, 9.17) is 0 Å². The molecule has 25 heavy (non-hydrogen) atoms. The molecule has 0 fully saturated rings. The standard InChI is InChI=1S/C19H18BrFN4/c1-22-19(24-11-13-6-7-16(20)17(21)10-13)25-12-14-8-9-23-18-5-3-2-4-15(14)18/h2-10H,11-12H2,1H3,(H2,22,24,25). The van der Waals surface area contributed by atoms with Crippen molar-refractivity contribution in [3.63, 3.8) is 0 Å². The van der Waals surface area contributed by atoms with E-state index in [1.807, 2.05) is 30.3 Å². The summed E-state index contributed by atoms with van der Waals surface area (Å²) >= 11 is 3.16. The highest BCUT2D eigenvalue weighted by atomic mass is 79.9. The minimum absolute atomic E-state index is 0.273. The first-order valence-electron chi connectivity index (χ1n) is 7.88. The molecule has 1 heterocycles. The van der Waals surface area contributed by atoms with E-state index in [1.165, 1.54) is 6.07 Å². The largest absolute Gasteiger partial charge is 0.352 e. The molecule has 0 spiro atoms. The van der Waals surface area contributed by atoms with Gasteiger partial charge in [0.25, 0.3) is 0 Å². The van der Waals surface area contributed by atoms with E-state index >= 15 is 0 Å². The van der Waals surface area contributed by atoms with Crippen LogP contribution in [0.1, 0.15) is 11.1 Å². The number of guanidine groups is 1. The van der Waals surface area contributed by atoms with Crippen LogP contribution in [0.4, 0.5) is 4.39 Å². The summed E-state index contributed by atoms with van der Waals surface area (Å²) in [5.41, 5.74) is 2.95. The predicted molar refractivity (Wildman–Crippen MR) is 103 cm³/mol. The highest BCUT2D eigenvalue weighted by molar-refractivity contribution is 9.10. The zero-order chi connectivity index (χ0) is 17.6. The quantitative estimate of drug-likeness (QED) is 0.513. The first kappa shape index (κ1) is 17.4. The predicted octanol–water partition coefficient (Wildman–Crippen LogP) is 4.00. The number of rotatable bonds is 4. The zero-order valence-electron chi connectivity index (χ0n) is 13.8. The van der Waals surface area contributed by atoms with Crippen LogP contribution >= 0.6 is 15.9 Å². The highest BCUT2D eigenvalue weighted by Gasteiger charge is 2.04. The van der Waals surface area contributed by atoms with E-state index in [0.29, 0.717) is 23.5 Å². The average Bonchev–Trinajstić information content (AvgIpc) is 2.64. The second kappa shape index (κ2) is 8.07. The molecule has 0 atom stereocenters. The van der Waals surface area contributed by atoms with Gasteiger partial charge in [0.05, 0.1) is 9.99 Å². The number of pyridine rings is 1. The Morgan fingerprint density at radius 2 is 1.92 bits per heavy atom. The lowest BCUT2D eigenvalue weighted by molar-refractivity contribution is 0.618. The van der Waals surface area contributed by atoms with E-state index in [2.05, 4.69) is 42.6 Å².